The number of aromatic nitrogens is 2. The van der Waals surface area contributed by atoms with Crippen molar-refractivity contribution in [3.63, 3.8) is 0 Å². The van der Waals surface area contributed by atoms with Crippen LogP contribution in [0.4, 0.5) is 0 Å². The molecular weight excluding hydrogens is 537 g/mol. The molecule has 145 valence electrons. The van der Waals surface area contributed by atoms with Gasteiger partial charge in [-0.05, 0) is 36.5 Å². The van der Waals surface area contributed by atoms with Crippen molar-refractivity contribution in [3.05, 3.63) is 109 Å². The van der Waals surface area contributed by atoms with Crippen LogP contribution in [0.1, 0.15) is 5.76 Å². The Bertz CT molecular complexity index is 1120. The normalized spacial score (nSPS) is 9.97. The Balaban J connectivity index is 0.000000167. The smallest absolute Gasteiger partial charge is 0.128 e. The van der Waals surface area contributed by atoms with E-state index in [1.54, 1.807) is 12.4 Å². The number of pyridine rings is 2. The molecule has 0 aliphatic carbocycles. The summed E-state index contributed by atoms with van der Waals surface area (Å²) < 4.78 is 5.58. The standard InChI is InChI=1S/C14H10NO.C11H8N.Ir/c1-10-9-12-13(16-10)7-8-15-14(12)11-5-3-2-4-6-11;1-2-6-10(7-3-1)11-8-4-5-9-12-11;/h2-5,7-9H,1H3;1-6,8-9H;/q2*-1;. The first-order valence-electron chi connectivity index (χ1n) is 9.01. The number of aryl methyl sites for hydroxylation is 1. The first-order valence-corrected chi connectivity index (χ1v) is 9.01. The molecule has 1 radical (unpaired) electrons. The number of hydrogen-bond donors (Lipinski definition) is 0. The summed E-state index contributed by atoms with van der Waals surface area (Å²) in [5.41, 5.74) is 4.81. The molecule has 29 heavy (non-hydrogen) atoms. The number of fused-ring (bicyclic) bond motifs is 1. The van der Waals surface area contributed by atoms with E-state index >= 15 is 0 Å². The fraction of sp³-hybridized carbons (Fsp3) is 0.0400. The van der Waals surface area contributed by atoms with Crippen molar-refractivity contribution >= 4 is 11.0 Å². The van der Waals surface area contributed by atoms with E-state index in [1.165, 1.54) is 0 Å². The number of furan rings is 1. The Kier molecular flexibility index (Phi) is 7.07. The van der Waals surface area contributed by atoms with Gasteiger partial charge in [0.25, 0.3) is 0 Å². The maximum atomic E-state index is 5.58. The summed E-state index contributed by atoms with van der Waals surface area (Å²) >= 11 is 0. The van der Waals surface area contributed by atoms with Gasteiger partial charge in [0.2, 0.25) is 0 Å². The van der Waals surface area contributed by atoms with Crippen LogP contribution < -0.4 is 0 Å². The van der Waals surface area contributed by atoms with Gasteiger partial charge in [-0.15, -0.1) is 71.8 Å². The van der Waals surface area contributed by atoms with Crippen LogP contribution in [0.25, 0.3) is 33.5 Å². The van der Waals surface area contributed by atoms with Gasteiger partial charge in [0.15, 0.2) is 0 Å². The second-order valence-corrected chi connectivity index (χ2v) is 6.20. The molecule has 0 spiro atoms. The molecule has 3 heterocycles. The molecule has 0 aliphatic heterocycles. The monoisotopic (exact) mass is 555 g/mol. The average molecular weight is 555 g/mol. The molecule has 3 aromatic heterocycles. The summed E-state index contributed by atoms with van der Waals surface area (Å²) in [4.78, 5) is 8.62. The van der Waals surface area contributed by atoms with Crippen molar-refractivity contribution in [2.75, 3.05) is 0 Å². The van der Waals surface area contributed by atoms with Crippen molar-refractivity contribution < 1.29 is 24.5 Å². The van der Waals surface area contributed by atoms with Gasteiger partial charge in [-0.3, -0.25) is 0 Å². The van der Waals surface area contributed by atoms with Crippen LogP contribution in [0.15, 0.2) is 95.7 Å². The molecule has 2 aromatic carbocycles. The largest absolute Gasteiger partial charge is 0.462 e. The van der Waals surface area contributed by atoms with E-state index in [9.17, 15) is 0 Å². The summed E-state index contributed by atoms with van der Waals surface area (Å²) in [6, 6.07) is 31.7. The molecule has 0 saturated heterocycles. The van der Waals surface area contributed by atoms with E-state index in [0.717, 1.165) is 39.2 Å². The van der Waals surface area contributed by atoms with E-state index in [4.69, 9.17) is 4.42 Å². The summed E-state index contributed by atoms with van der Waals surface area (Å²) in [7, 11) is 0. The van der Waals surface area contributed by atoms with Gasteiger partial charge < -0.3 is 14.4 Å². The van der Waals surface area contributed by atoms with E-state index in [1.807, 2.05) is 85.8 Å². The molecule has 0 fully saturated rings. The van der Waals surface area contributed by atoms with Gasteiger partial charge in [0, 0.05) is 37.9 Å². The second kappa shape index (κ2) is 9.92. The molecule has 0 amide bonds. The van der Waals surface area contributed by atoms with Crippen LogP contribution >= 0.6 is 0 Å². The second-order valence-electron chi connectivity index (χ2n) is 6.20. The van der Waals surface area contributed by atoms with Crippen LogP contribution in [0.2, 0.25) is 0 Å². The van der Waals surface area contributed by atoms with Crippen molar-refractivity contribution in [3.8, 4) is 22.5 Å². The zero-order valence-corrected chi connectivity index (χ0v) is 18.2. The van der Waals surface area contributed by atoms with E-state index in [0.29, 0.717) is 0 Å². The zero-order valence-electron chi connectivity index (χ0n) is 15.8. The molecule has 0 bridgehead atoms. The Morgan fingerprint density at radius 3 is 2.14 bits per heavy atom. The SMILES string of the molecule is Cc1cc2c(-c3[c-]cccc3)nccc2o1.[Ir].[c-]1ccccc1-c1ccccn1. The number of hydrogen-bond acceptors (Lipinski definition) is 3. The van der Waals surface area contributed by atoms with Crippen LogP contribution in [0.5, 0.6) is 0 Å². The summed E-state index contributed by atoms with van der Waals surface area (Å²) in [5, 5.41) is 1.04. The van der Waals surface area contributed by atoms with Crippen molar-refractivity contribution in [2.45, 2.75) is 6.92 Å². The quantitative estimate of drug-likeness (QED) is 0.246. The minimum Gasteiger partial charge on any atom is -0.462 e. The Morgan fingerprint density at radius 2 is 1.48 bits per heavy atom. The minimum atomic E-state index is 0. The van der Waals surface area contributed by atoms with Crippen molar-refractivity contribution in [2.24, 2.45) is 0 Å². The molecule has 0 unspecified atom stereocenters. The molecule has 5 aromatic rings. The molecule has 0 atom stereocenters. The van der Waals surface area contributed by atoms with Gasteiger partial charge in [-0.2, -0.15) is 0 Å². The van der Waals surface area contributed by atoms with Crippen LogP contribution in [-0.4, -0.2) is 9.97 Å². The van der Waals surface area contributed by atoms with Crippen molar-refractivity contribution in [1.29, 1.82) is 0 Å². The third-order valence-corrected chi connectivity index (χ3v) is 4.18. The number of nitrogens with zero attached hydrogens (tertiary/aromatic N) is 2. The third-order valence-electron chi connectivity index (χ3n) is 4.18. The topological polar surface area (TPSA) is 38.9 Å². The summed E-state index contributed by atoms with van der Waals surface area (Å²) in [5.74, 6) is 0.903. The molecular formula is C25H18IrN2O-2. The van der Waals surface area contributed by atoms with E-state index < -0.39 is 0 Å². The first kappa shape index (κ1) is 20.7. The maximum Gasteiger partial charge on any atom is 0.128 e. The predicted molar refractivity (Wildman–Crippen MR) is 112 cm³/mol. The first-order chi connectivity index (χ1) is 13.8. The van der Waals surface area contributed by atoms with Gasteiger partial charge in [-0.1, -0.05) is 12.1 Å². The fourth-order valence-corrected chi connectivity index (χ4v) is 2.92. The fourth-order valence-electron chi connectivity index (χ4n) is 2.92. The summed E-state index contributed by atoms with van der Waals surface area (Å²) in [6.45, 7) is 1.94. The molecule has 4 heteroatoms. The molecule has 5 rings (SSSR count). The van der Waals surface area contributed by atoms with Gasteiger partial charge >= 0.3 is 0 Å². The molecule has 0 aliphatic rings. The Hall–Kier alpha value is -3.07. The maximum absolute atomic E-state index is 5.58. The van der Waals surface area contributed by atoms with Gasteiger partial charge in [-0.25, -0.2) is 0 Å². The average Bonchev–Trinajstić information content (AvgIpc) is 3.16. The third kappa shape index (κ3) is 5.05. The van der Waals surface area contributed by atoms with E-state index in [-0.39, 0.29) is 20.1 Å². The minimum absolute atomic E-state index is 0. The van der Waals surface area contributed by atoms with E-state index in [2.05, 4.69) is 22.1 Å². The molecule has 3 nitrogen and oxygen atoms in total. The molecule has 0 saturated carbocycles. The number of rotatable bonds is 2. The van der Waals surface area contributed by atoms with Crippen molar-refractivity contribution in [1.82, 2.24) is 9.97 Å². The summed E-state index contributed by atoms with van der Waals surface area (Å²) in [6.07, 6.45) is 3.55. The van der Waals surface area contributed by atoms with Crippen LogP contribution in [0, 0.1) is 19.1 Å². The zero-order chi connectivity index (χ0) is 19.2. The Labute approximate surface area is 183 Å². The van der Waals surface area contributed by atoms with Gasteiger partial charge in [0.05, 0.1) is 0 Å². The van der Waals surface area contributed by atoms with Crippen LogP contribution in [0.3, 0.4) is 0 Å². The predicted octanol–water partition coefficient (Wildman–Crippen LogP) is 6.15. The molecule has 0 N–H and O–H groups in total. The van der Waals surface area contributed by atoms with Crippen LogP contribution in [-0.2, 0) is 20.1 Å². The van der Waals surface area contributed by atoms with Gasteiger partial charge in [0.1, 0.15) is 11.3 Å². The Morgan fingerprint density at radius 1 is 0.759 bits per heavy atom. The number of benzene rings is 2.